The van der Waals surface area contributed by atoms with Gasteiger partial charge in [-0.3, -0.25) is 9.59 Å². The van der Waals surface area contributed by atoms with Crippen molar-refractivity contribution in [2.75, 3.05) is 26.2 Å². The van der Waals surface area contributed by atoms with Gasteiger partial charge in [-0.1, -0.05) is 42.5 Å². The summed E-state index contributed by atoms with van der Waals surface area (Å²) in [5, 5.41) is 5.09. The molecule has 2 aromatic rings. The zero-order chi connectivity index (χ0) is 21.6. The Labute approximate surface area is 177 Å². The number of carbonyl (C=O) groups excluding carboxylic acids is 2. The summed E-state index contributed by atoms with van der Waals surface area (Å²) >= 11 is 0. The molecule has 1 aliphatic rings. The molecule has 2 N–H and O–H groups in total. The maximum atomic E-state index is 12.5. The van der Waals surface area contributed by atoms with Crippen LogP contribution in [0.1, 0.15) is 24.0 Å². The number of benzene rings is 2. The maximum absolute atomic E-state index is 12.5. The Bertz CT molecular complexity index is 967. The molecule has 7 nitrogen and oxygen atoms in total. The molecule has 0 aliphatic carbocycles. The Balaban J connectivity index is 1.42. The lowest BCUT2D eigenvalue weighted by atomic mass is 10.1. The number of primary sulfonamides is 1. The van der Waals surface area contributed by atoms with Crippen molar-refractivity contribution in [1.29, 1.82) is 0 Å². The van der Waals surface area contributed by atoms with Crippen LogP contribution in [0, 0.1) is 0 Å². The average Bonchev–Trinajstić information content (AvgIpc) is 2.74. The topological polar surface area (TPSA) is 101 Å². The van der Waals surface area contributed by atoms with Crippen LogP contribution in [-0.2, 0) is 32.5 Å². The molecule has 0 aromatic heterocycles. The van der Waals surface area contributed by atoms with Gasteiger partial charge in [0.15, 0.2) is 0 Å². The van der Waals surface area contributed by atoms with Gasteiger partial charge in [-0.2, -0.15) is 0 Å². The summed E-state index contributed by atoms with van der Waals surface area (Å²) in [7, 11) is -3.74. The van der Waals surface area contributed by atoms with Gasteiger partial charge in [0.1, 0.15) is 0 Å². The molecule has 1 heterocycles. The molecule has 0 unspecified atom stereocenters. The number of hydrogen-bond acceptors (Lipinski definition) is 4. The van der Waals surface area contributed by atoms with Crippen LogP contribution >= 0.6 is 0 Å². The summed E-state index contributed by atoms with van der Waals surface area (Å²) < 4.78 is 22.6. The molecule has 0 radical (unpaired) electrons. The summed E-state index contributed by atoms with van der Waals surface area (Å²) in [5.74, 6) is 0.103. The lowest BCUT2D eigenvalue weighted by Crippen LogP contribution is -2.51. The van der Waals surface area contributed by atoms with Crippen LogP contribution < -0.4 is 5.14 Å². The van der Waals surface area contributed by atoms with Crippen molar-refractivity contribution in [1.82, 2.24) is 9.80 Å². The molecule has 1 fully saturated rings. The van der Waals surface area contributed by atoms with Crippen molar-refractivity contribution in [2.45, 2.75) is 30.6 Å². The fraction of sp³-hybridized carbons (Fsp3) is 0.364. The summed E-state index contributed by atoms with van der Waals surface area (Å²) in [6.07, 6.45) is 2.40. The van der Waals surface area contributed by atoms with E-state index in [1.54, 1.807) is 17.0 Å². The van der Waals surface area contributed by atoms with E-state index in [2.05, 4.69) is 12.1 Å². The maximum Gasteiger partial charge on any atom is 0.238 e. The van der Waals surface area contributed by atoms with Gasteiger partial charge in [0.2, 0.25) is 21.8 Å². The van der Waals surface area contributed by atoms with E-state index in [1.807, 2.05) is 23.1 Å². The lowest BCUT2D eigenvalue weighted by molar-refractivity contribution is -0.139. The van der Waals surface area contributed by atoms with E-state index in [1.165, 1.54) is 17.7 Å². The minimum Gasteiger partial charge on any atom is -0.339 e. The van der Waals surface area contributed by atoms with Crippen LogP contribution in [0.5, 0.6) is 0 Å². The molecule has 1 saturated heterocycles. The molecule has 160 valence electrons. The highest BCUT2D eigenvalue weighted by Gasteiger charge is 2.24. The van der Waals surface area contributed by atoms with Crippen molar-refractivity contribution < 1.29 is 18.0 Å². The molecule has 0 atom stereocenters. The number of carbonyl (C=O) groups is 2. The minimum absolute atomic E-state index is 0.0260. The third-order valence-corrected chi connectivity index (χ3v) is 6.22. The second-order valence-electron chi connectivity index (χ2n) is 7.47. The smallest absolute Gasteiger partial charge is 0.238 e. The van der Waals surface area contributed by atoms with Crippen molar-refractivity contribution in [3.63, 3.8) is 0 Å². The molecular weight excluding hydrogens is 402 g/mol. The van der Waals surface area contributed by atoms with E-state index >= 15 is 0 Å². The lowest BCUT2D eigenvalue weighted by Gasteiger charge is -2.35. The first-order chi connectivity index (χ1) is 14.3. The van der Waals surface area contributed by atoms with Gasteiger partial charge in [0, 0.05) is 32.6 Å². The van der Waals surface area contributed by atoms with Gasteiger partial charge < -0.3 is 9.80 Å². The quantitative estimate of drug-likeness (QED) is 0.722. The Morgan fingerprint density at radius 1 is 0.800 bits per heavy atom. The van der Waals surface area contributed by atoms with E-state index in [0.29, 0.717) is 32.6 Å². The molecule has 1 aliphatic heterocycles. The zero-order valence-corrected chi connectivity index (χ0v) is 17.7. The number of nitrogens with two attached hydrogens (primary N) is 1. The van der Waals surface area contributed by atoms with Crippen molar-refractivity contribution in [2.24, 2.45) is 5.14 Å². The van der Waals surface area contributed by atoms with Gasteiger partial charge in [0.25, 0.3) is 0 Å². The standard InChI is InChI=1S/C22H27N3O4S/c23-30(28,29)20-11-9-19(10-12-20)17-22(27)25-15-13-24(14-16-25)21(26)8-4-7-18-5-2-1-3-6-18/h1-3,5-6,9-12H,4,7-8,13-17H2,(H2,23,28,29). The van der Waals surface area contributed by atoms with E-state index in [0.717, 1.165) is 18.4 Å². The van der Waals surface area contributed by atoms with E-state index in [4.69, 9.17) is 5.14 Å². The molecule has 8 heteroatoms. The van der Waals surface area contributed by atoms with Crippen molar-refractivity contribution >= 4 is 21.8 Å². The van der Waals surface area contributed by atoms with Crippen LogP contribution in [0.4, 0.5) is 0 Å². The van der Waals surface area contributed by atoms with Gasteiger partial charge in [-0.15, -0.1) is 0 Å². The molecule has 30 heavy (non-hydrogen) atoms. The second-order valence-corrected chi connectivity index (χ2v) is 9.03. The normalized spacial score (nSPS) is 14.6. The molecule has 0 saturated carbocycles. The second kappa shape index (κ2) is 9.86. The largest absolute Gasteiger partial charge is 0.339 e. The Morgan fingerprint density at radius 3 is 1.93 bits per heavy atom. The van der Waals surface area contributed by atoms with Crippen LogP contribution in [0.15, 0.2) is 59.5 Å². The number of amides is 2. The van der Waals surface area contributed by atoms with Crippen LogP contribution in [0.3, 0.4) is 0 Å². The van der Waals surface area contributed by atoms with Crippen molar-refractivity contribution in [3.05, 3.63) is 65.7 Å². The highest BCUT2D eigenvalue weighted by Crippen LogP contribution is 2.13. The Kier molecular flexibility index (Phi) is 7.23. The van der Waals surface area contributed by atoms with E-state index in [9.17, 15) is 18.0 Å². The summed E-state index contributed by atoms with van der Waals surface area (Å²) in [6.45, 7) is 2.11. The van der Waals surface area contributed by atoms with Gasteiger partial charge >= 0.3 is 0 Å². The predicted molar refractivity (Wildman–Crippen MR) is 114 cm³/mol. The highest BCUT2D eigenvalue weighted by molar-refractivity contribution is 7.89. The fourth-order valence-electron chi connectivity index (χ4n) is 3.54. The highest BCUT2D eigenvalue weighted by atomic mass is 32.2. The number of rotatable bonds is 7. The van der Waals surface area contributed by atoms with Crippen molar-refractivity contribution in [3.8, 4) is 0 Å². The van der Waals surface area contributed by atoms with E-state index < -0.39 is 10.0 Å². The number of sulfonamides is 1. The molecule has 3 rings (SSSR count). The van der Waals surface area contributed by atoms with Crippen LogP contribution in [-0.4, -0.2) is 56.2 Å². The third-order valence-electron chi connectivity index (χ3n) is 5.29. The molecule has 2 aromatic carbocycles. The number of aryl methyl sites for hydroxylation is 1. The zero-order valence-electron chi connectivity index (χ0n) is 16.9. The summed E-state index contributed by atoms with van der Waals surface area (Å²) in [4.78, 5) is 28.6. The Morgan fingerprint density at radius 2 is 1.37 bits per heavy atom. The number of piperazine rings is 1. The number of nitrogens with zero attached hydrogens (tertiary/aromatic N) is 2. The van der Waals surface area contributed by atoms with E-state index in [-0.39, 0.29) is 23.1 Å². The first-order valence-corrected chi connectivity index (χ1v) is 11.6. The number of hydrogen-bond donors (Lipinski definition) is 1. The molecule has 2 amide bonds. The van der Waals surface area contributed by atoms with Gasteiger partial charge in [-0.05, 0) is 36.1 Å². The van der Waals surface area contributed by atoms with Crippen LogP contribution in [0.2, 0.25) is 0 Å². The first kappa shape index (κ1) is 22.0. The SMILES string of the molecule is NS(=O)(=O)c1ccc(CC(=O)N2CCN(C(=O)CCCc3ccccc3)CC2)cc1. The average molecular weight is 430 g/mol. The fourth-order valence-corrected chi connectivity index (χ4v) is 4.05. The van der Waals surface area contributed by atoms with Gasteiger partial charge in [-0.25, -0.2) is 13.6 Å². The molecule has 0 bridgehead atoms. The summed E-state index contributed by atoms with van der Waals surface area (Å²) in [6, 6.07) is 16.1. The third kappa shape index (κ3) is 6.14. The molecule has 0 spiro atoms. The Hall–Kier alpha value is -2.71. The summed E-state index contributed by atoms with van der Waals surface area (Å²) in [5.41, 5.74) is 1.96. The monoisotopic (exact) mass is 429 g/mol. The minimum atomic E-state index is -3.74. The predicted octanol–water partition coefficient (Wildman–Crippen LogP) is 1.57. The van der Waals surface area contributed by atoms with Gasteiger partial charge in [0.05, 0.1) is 11.3 Å². The first-order valence-electron chi connectivity index (χ1n) is 10.0. The van der Waals surface area contributed by atoms with Crippen LogP contribution in [0.25, 0.3) is 0 Å². The molecular formula is C22H27N3O4S.